The fourth-order valence-electron chi connectivity index (χ4n) is 5.37. The molecule has 1 aliphatic rings. The molecule has 0 unspecified atom stereocenters. The van der Waals surface area contributed by atoms with Crippen molar-refractivity contribution in [3.8, 4) is 0 Å². The third kappa shape index (κ3) is 6.19. The zero-order valence-corrected chi connectivity index (χ0v) is 24.2. The first-order chi connectivity index (χ1) is 21.2. The summed E-state index contributed by atoms with van der Waals surface area (Å²) in [6.45, 7) is 7.81. The maximum atomic E-state index is 3.91. The van der Waals surface area contributed by atoms with Gasteiger partial charge in [-0.2, -0.15) is 0 Å². The quantitative estimate of drug-likeness (QED) is 0.179. The molecule has 1 aliphatic carbocycles. The Morgan fingerprint density at radius 3 is 1.40 bits per heavy atom. The summed E-state index contributed by atoms with van der Waals surface area (Å²) in [5.74, 6) is 0. The molecule has 0 N–H and O–H groups in total. The number of benzene rings is 5. The molecule has 0 spiro atoms. The first-order valence-corrected chi connectivity index (χ1v) is 14.6. The number of allylic oxidation sites excluding steroid dienone is 5. The molecule has 5 aromatic carbocycles. The van der Waals surface area contributed by atoms with E-state index in [1.807, 2.05) is 18.2 Å². The third-order valence-corrected chi connectivity index (χ3v) is 7.62. The SMILES string of the molecule is C=Cc1ccc(N(C2=CCC=C(c3ccc(N(c4ccccc4)c4ccc(C=C)cc4)cc3)C=C2)c2ccccc2)cc1. The van der Waals surface area contributed by atoms with Crippen LogP contribution in [0, 0.1) is 0 Å². The van der Waals surface area contributed by atoms with Gasteiger partial charge in [0.25, 0.3) is 0 Å². The van der Waals surface area contributed by atoms with E-state index in [9.17, 15) is 0 Å². The number of hydrogen-bond donors (Lipinski definition) is 0. The van der Waals surface area contributed by atoms with E-state index in [0.29, 0.717) is 0 Å². The van der Waals surface area contributed by atoms with Gasteiger partial charge in [-0.05, 0) is 95.4 Å². The summed E-state index contributed by atoms with van der Waals surface area (Å²) in [6, 6.07) is 46.9. The van der Waals surface area contributed by atoms with Gasteiger partial charge >= 0.3 is 0 Å². The Morgan fingerprint density at radius 1 is 0.442 bits per heavy atom. The van der Waals surface area contributed by atoms with Gasteiger partial charge in [-0.25, -0.2) is 0 Å². The molecule has 5 aromatic rings. The average molecular weight is 555 g/mol. The molecule has 0 radical (unpaired) electrons. The molecular weight excluding hydrogens is 520 g/mol. The van der Waals surface area contributed by atoms with E-state index in [2.05, 4.69) is 175 Å². The molecule has 208 valence electrons. The van der Waals surface area contributed by atoms with E-state index < -0.39 is 0 Å². The van der Waals surface area contributed by atoms with Crippen LogP contribution < -0.4 is 9.80 Å². The molecule has 43 heavy (non-hydrogen) atoms. The molecule has 2 nitrogen and oxygen atoms in total. The van der Waals surface area contributed by atoms with Gasteiger partial charge in [-0.15, -0.1) is 0 Å². The van der Waals surface area contributed by atoms with Gasteiger partial charge < -0.3 is 9.80 Å². The van der Waals surface area contributed by atoms with Crippen molar-refractivity contribution in [2.45, 2.75) is 6.42 Å². The monoisotopic (exact) mass is 554 g/mol. The van der Waals surface area contributed by atoms with Crippen LogP contribution in [-0.4, -0.2) is 0 Å². The molecule has 0 saturated carbocycles. The molecule has 0 aromatic heterocycles. The van der Waals surface area contributed by atoms with E-state index in [1.165, 1.54) is 11.1 Å². The van der Waals surface area contributed by atoms with Crippen LogP contribution in [0.25, 0.3) is 17.7 Å². The Hall–Kier alpha value is -5.60. The number of hydrogen-bond acceptors (Lipinski definition) is 2. The molecular formula is C41H34N2. The summed E-state index contributed by atoms with van der Waals surface area (Å²) >= 11 is 0. The fourth-order valence-corrected chi connectivity index (χ4v) is 5.37. The largest absolute Gasteiger partial charge is 0.311 e. The number of rotatable bonds is 9. The standard InChI is InChI=1S/C41H34N2/c1-3-32-18-25-39(26-19-32)42(36-13-7-5-8-14-36)38-17-11-12-34(22-29-38)35-23-30-41(31-24-35)43(37-15-9-6-10-16-37)40-27-20-33(4-2)21-28-40/h3-10,12-31H,1-2,11H2. The molecule has 0 amide bonds. The molecule has 0 fully saturated rings. The molecule has 0 saturated heterocycles. The van der Waals surface area contributed by atoms with Crippen LogP contribution in [0.1, 0.15) is 23.1 Å². The topological polar surface area (TPSA) is 6.48 Å². The van der Waals surface area contributed by atoms with Crippen molar-refractivity contribution in [1.82, 2.24) is 0 Å². The van der Waals surface area contributed by atoms with E-state index in [4.69, 9.17) is 0 Å². The van der Waals surface area contributed by atoms with Gasteiger partial charge in [0.15, 0.2) is 0 Å². The molecule has 0 aliphatic heterocycles. The van der Waals surface area contributed by atoms with Gasteiger partial charge in [0, 0.05) is 34.1 Å². The number of anilines is 5. The Balaban J connectivity index is 1.28. The first-order valence-electron chi connectivity index (χ1n) is 14.6. The summed E-state index contributed by atoms with van der Waals surface area (Å²) in [5.41, 5.74) is 11.3. The minimum Gasteiger partial charge on any atom is -0.311 e. The van der Waals surface area contributed by atoms with E-state index >= 15 is 0 Å². The predicted molar refractivity (Wildman–Crippen MR) is 186 cm³/mol. The maximum absolute atomic E-state index is 3.91. The number of para-hydroxylation sites is 2. The summed E-state index contributed by atoms with van der Waals surface area (Å²) in [6.07, 6.45) is 13.6. The third-order valence-electron chi connectivity index (χ3n) is 7.62. The Bertz CT molecular complexity index is 1770. The molecule has 0 atom stereocenters. The average Bonchev–Trinajstić information content (AvgIpc) is 3.33. The molecule has 6 rings (SSSR count). The summed E-state index contributed by atoms with van der Waals surface area (Å²) in [7, 11) is 0. The minimum absolute atomic E-state index is 0.833. The van der Waals surface area contributed by atoms with Gasteiger partial charge in [-0.3, -0.25) is 0 Å². The van der Waals surface area contributed by atoms with Gasteiger partial charge in [-0.1, -0.05) is 116 Å². The van der Waals surface area contributed by atoms with Crippen LogP contribution >= 0.6 is 0 Å². The zero-order valence-electron chi connectivity index (χ0n) is 24.2. The summed E-state index contributed by atoms with van der Waals surface area (Å²) in [4.78, 5) is 4.58. The lowest BCUT2D eigenvalue weighted by Gasteiger charge is -2.26. The second kappa shape index (κ2) is 12.9. The highest BCUT2D eigenvalue weighted by Crippen LogP contribution is 2.36. The van der Waals surface area contributed by atoms with Crippen molar-refractivity contribution < 1.29 is 0 Å². The Morgan fingerprint density at radius 2 is 0.884 bits per heavy atom. The van der Waals surface area contributed by atoms with Gasteiger partial charge in [0.05, 0.1) is 0 Å². The van der Waals surface area contributed by atoms with E-state index in [1.54, 1.807) is 0 Å². The second-order valence-electron chi connectivity index (χ2n) is 10.3. The highest BCUT2D eigenvalue weighted by molar-refractivity contribution is 5.81. The summed E-state index contributed by atoms with van der Waals surface area (Å²) < 4.78 is 0. The second-order valence-corrected chi connectivity index (χ2v) is 10.3. The van der Waals surface area contributed by atoms with Crippen LogP contribution in [0.5, 0.6) is 0 Å². The highest BCUT2D eigenvalue weighted by Gasteiger charge is 2.15. The summed E-state index contributed by atoms with van der Waals surface area (Å²) in [5, 5.41) is 0. The Kier molecular flexibility index (Phi) is 8.29. The predicted octanol–water partition coefficient (Wildman–Crippen LogP) is 11.5. The van der Waals surface area contributed by atoms with Crippen molar-refractivity contribution in [2.24, 2.45) is 0 Å². The zero-order chi connectivity index (χ0) is 29.4. The van der Waals surface area contributed by atoms with Crippen molar-refractivity contribution >= 4 is 46.2 Å². The fraction of sp³-hybridized carbons (Fsp3) is 0.0244. The Labute approximate surface area is 255 Å². The van der Waals surface area contributed by atoms with Crippen molar-refractivity contribution in [2.75, 3.05) is 9.80 Å². The first kappa shape index (κ1) is 27.6. The van der Waals surface area contributed by atoms with Crippen molar-refractivity contribution in [3.63, 3.8) is 0 Å². The maximum Gasteiger partial charge on any atom is 0.0462 e. The lowest BCUT2D eigenvalue weighted by Crippen LogP contribution is -2.15. The van der Waals surface area contributed by atoms with Crippen LogP contribution in [0.2, 0.25) is 0 Å². The highest BCUT2D eigenvalue weighted by atomic mass is 15.1. The van der Waals surface area contributed by atoms with Crippen LogP contribution in [0.4, 0.5) is 28.4 Å². The van der Waals surface area contributed by atoms with Crippen molar-refractivity contribution in [1.29, 1.82) is 0 Å². The lowest BCUT2D eigenvalue weighted by molar-refractivity contribution is 1.18. The molecule has 0 heterocycles. The molecule has 2 heteroatoms. The van der Waals surface area contributed by atoms with E-state index in [0.717, 1.165) is 51.7 Å². The van der Waals surface area contributed by atoms with Gasteiger partial charge in [0.2, 0.25) is 0 Å². The normalized spacial score (nSPS) is 12.5. The lowest BCUT2D eigenvalue weighted by atomic mass is 10.0. The van der Waals surface area contributed by atoms with Crippen molar-refractivity contribution in [3.05, 3.63) is 193 Å². The van der Waals surface area contributed by atoms with Gasteiger partial charge in [0.1, 0.15) is 0 Å². The van der Waals surface area contributed by atoms with Crippen LogP contribution in [-0.2, 0) is 0 Å². The molecule has 0 bridgehead atoms. The van der Waals surface area contributed by atoms with Crippen LogP contribution in [0.15, 0.2) is 177 Å². The minimum atomic E-state index is 0.833. The smallest absolute Gasteiger partial charge is 0.0462 e. The number of nitrogens with zero attached hydrogens (tertiary/aromatic N) is 2. The van der Waals surface area contributed by atoms with Crippen LogP contribution in [0.3, 0.4) is 0 Å². The van der Waals surface area contributed by atoms with E-state index in [-0.39, 0.29) is 0 Å².